The summed E-state index contributed by atoms with van der Waals surface area (Å²) in [6.07, 6.45) is 13.1. The second-order valence-corrected chi connectivity index (χ2v) is 10.1. The predicted molar refractivity (Wildman–Crippen MR) is 118 cm³/mol. The highest BCUT2D eigenvalue weighted by atomic mass is 32.2. The first kappa shape index (κ1) is 22.8. The number of allylic oxidation sites excluding steroid dienone is 1. The Labute approximate surface area is 180 Å². The fraction of sp³-hybridized carbons (Fsp3) is 0.609. The van der Waals surface area contributed by atoms with Crippen LogP contribution in [0.1, 0.15) is 69.8 Å². The lowest BCUT2D eigenvalue weighted by Gasteiger charge is -2.22. The van der Waals surface area contributed by atoms with E-state index in [9.17, 15) is 13.2 Å². The van der Waals surface area contributed by atoms with Gasteiger partial charge in [0.15, 0.2) is 6.61 Å². The van der Waals surface area contributed by atoms with Gasteiger partial charge in [-0.05, 0) is 75.6 Å². The van der Waals surface area contributed by atoms with Crippen LogP contribution in [-0.4, -0.2) is 33.5 Å². The maximum atomic E-state index is 12.7. The lowest BCUT2D eigenvalue weighted by molar-refractivity contribution is -0.123. The first-order chi connectivity index (χ1) is 14.4. The van der Waals surface area contributed by atoms with Crippen molar-refractivity contribution < 1.29 is 17.9 Å². The lowest BCUT2D eigenvalue weighted by Crippen LogP contribution is -2.36. The Balaban J connectivity index is 1.47. The summed E-state index contributed by atoms with van der Waals surface area (Å²) in [5.74, 6) is 0.359. The van der Waals surface area contributed by atoms with Crippen LogP contribution in [0.25, 0.3) is 0 Å². The second-order valence-electron chi connectivity index (χ2n) is 8.38. The van der Waals surface area contributed by atoms with Crippen molar-refractivity contribution in [1.82, 2.24) is 10.0 Å². The summed E-state index contributed by atoms with van der Waals surface area (Å²) in [4.78, 5) is 12.3. The Morgan fingerprint density at radius 1 is 1.13 bits per heavy atom. The standard InChI is InChI=1S/C23H34N2O4S/c1-18-16-21(30(27,28)25-20-10-6-3-7-11-20)12-13-22(18)29-17-23(26)24-15-14-19-8-4-2-5-9-19/h8,12-13,16,20,25H,2-7,9-11,14-15,17H2,1H3,(H,24,26). The maximum Gasteiger partial charge on any atom is 0.257 e. The highest BCUT2D eigenvalue weighted by molar-refractivity contribution is 7.89. The average molecular weight is 435 g/mol. The number of ether oxygens (including phenoxy) is 1. The van der Waals surface area contributed by atoms with Crippen LogP contribution >= 0.6 is 0 Å². The third-order valence-electron chi connectivity index (χ3n) is 5.90. The molecule has 0 saturated heterocycles. The SMILES string of the molecule is Cc1cc(S(=O)(=O)NC2CCCCC2)ccc1OCC(=O)NCCC1=CCCCC1. The van der Waals surface area contributed by atoms with Gasteiger partial charge in [-0.25, -0.2) is 13.1 Å². The molecule has 6 nitrogen and oxygen atoms in total. The highest BCUT2D eigenvalue weighted by Crippen LogP contribution is 2.24. The molecule has 0 bridgehead atoms. The summed E-state index contributed by atoms with van der Waals surface area (Å²) in [6.45, 7) is 2.34. The molecule has 0 spiro atoms. The van der Waals surface area contributed by atoms with Crippen LogP contribution in [0.4, 0.5) is 0 Å². The number of hydrogen-bond donors (Lipinski definition) is 2. The predicted octanol–water partition coefficient (Wildman–Crippen LogP) is 3.99. The van der Waals surface area contributed by atoms with Crippen LogP contribution in [0.2, 0.25) is 0 Å². The quantitative estimate of drug-likeness (QED) is 0.576. The third kappa shape index (κ3) is 6.84. The van der Waals surface area contributed by atoms with Crippen molar-refractivity contribution in [2.24, 2.45) is 0 Å². The molecule has 2 aliphatic carbocycles. The van der Waals surface area contributed by atoms with E-state index in [2.05, 4.69) is 16.1 Å². The molecular formula is C23H34N2O4S. The number of sulfonamides is 1. The molecule has 0 radical (unpaired) electrons. The zero-order chi connectivity index (χ0) is 21.4. The Bertz CT molecular complexity index is 858. The van der Waals surface area contributed by atoms with Crippen LogP contribution in [-0.2, 0) is 14.8 Å². The van der Waals surface area contributed by atoms with E-state index >= 15 is 0 Å². The zero-order valence-electron chi connectivity index (χ0n) is 17.9. The highest BCUT2D eigenvalue weighted by Gasteiger charge is 2.22. The fourth-order valence-electron chi connectivity index (χ4n) is 4.15. The van der Waals surface area contributed by atoms with Crippen molar-refractivity contribution >= 4 is 15.9 Å². The second kappa shape index (κ2) is 11.0. The van der Waals surface area contributed by atoms with Crippen molar-refractivity contribution in [2.75, 3.05) is 13.2 Å². The van der Waals surface area contributed by atoms with Gasteiger partial charge in [-0.3, -0.25) is 4.79 Å². The van der Waals surface area contributed by atoms with Gasteiger partial charge < -0.3 is 10.1 Å². The summed E-state index contributed by atoms with van der Waals surface area (Å²) in [6, 6.07) is 4.80. The molecule has 1 aromatic rings. The molecule has 30 heavy (non-hydrogen) atoms. The fourth-order valence-corrected chi connectivity index (χ4v) is 5.54. The summed E-state index contributed by atoms with van der Waals surface area (Å²) in [7, 11) is -3.54. The Morgan fingerprint density at radius 3 is 2.63 bits per heavy atom. The van der Waals surface area contributed by atoms with Crippen molar-refractivity contribution in [2.45, 2.75) is 82.1 Å². The van der Waals surface area contributed by atoms with E-state index < -0.39 is 10.0 Å². The van der Waals surface area contributed by atoms with E-state index in [1.807, 2.05) is 0 Å². The zero-order valence-corrected chi connectivity index (χ0v) is 18.7. The van der Waals surface area contributed by atoms with Gasteiger partial charge in [-0.2, -0.15) is 0 Å². The number of benzene rings is 1. The molecule has 166 valence electrons. The molecule has 0 aromatic heterocycles. The Hall–Kier alpha value is -1.86. The van der Waals surface area contributed by atoms with Gasteiger partial charge in [0.1, 0.15) is 5.75 Å². The number of carbonyl (C=O) groups excluding carboxylic acids is 1. The van der Waals surface area contributed by atoms with Gasteiger partial charge in [0.2, 0.25) is 10.0 Å². The van der Waals surface area contributed by atoms with Gasteiger partial charge in [-0.15, -0.1) is 0 Å². The number of aryl methyl sites for hydroxylation is 1. The minimum atomic E-state index is -3.54. The molecule has 0 atom stereocenters. The van der Waals surface area contributed by atoms with Crippen molar-refractivity contribution in [3.8, 4) is 5.75 Å². The molecule has 1 fully saturated rings. The molecular weight excluding hydrogens is 400 g/mol. The minimum absolute atomic E-state index is 0.0213. The molecule has 0 aliphatic heterocycles. The van der Waals surface area contributed by atoms with Crippen LogP contribution in [0.5, 0.6) is 5.75 Å². The molecule has 0 heterocycles. The van der Waals surface area contributed by atoms with E-state index in [4.69, 9.17) is 4.74 Å². The van der Waals surface area contributed by atoms with Crippen molar-refractivity contribution in [3.05, 3.63) is 35.4 Å². The topological polar surface area (TPSA) is 84.5 Å². The molecule has 2 N–H and O–H groups in total. The molecule has 1 amide bonds. The van der Waals surface area contributed by atoms with Crippen molar-refractivity contribution in [3.63, 3.8) is 0 Å². The largest absolute Gasteiger partial charge is 0.484 e. The van der Waals surface area contributed by atoms with Crippen LogP contribution < -0.4 is 14.8 Å². The average Bonchev–Trinajstić information content (AvgIpc) is 2.74. The van der Waals surface area contributed by atoms with Crippen LogP contribution in [0, 0.1) is 6.92 Å². The van der Waals surface area contributed by atoms with Gasteiger partial charge in [-0.1, -0.05) is 30.9 Å². The van der Waals surface area contributed by atoms with E-state index in [0.29, 0.717) is 17.9 Å². The molecule has 7 heteroatoms. The van der Waals surface area contributed by atoms with Crippen LogP contribution in [0.15, 0.2) is 34.7 Å². The summed E-state index contributed by atoms with van der Waals surface area (Å²) >= 11 is 0. The summed E-state index contributed by atoms with van der Waals surface area (Å²) < 4.78 is 33.8. The smallest absolute Gasteiger partial charge is 0.257 e. The summed E-state index contributed by atoms with van der Waals surface area (Å²) in [5, 5.41) is 2.89. The molecule has 1 saturated carbocycles. The minimum Gasteiger partial charge on any atom is -0.484 e. The van der Waals surface area contributed by atoms with E-state index in [-0.39, 0.29) is 23.5 Å². The number of amides is 1. The Morgan fingerprint density at radius 2 is 1.93 bits per heavy atom. The van der Waals surface area contributed by atoms with Crippen LogP contribution in [0.3, 0.4) is 0 Å². The molecule has 1 aromatic carbocycles. The monoisotopic (exact) mass is 434 g/mol. The van der Waals surface area contributed by atoms with Gasteiger partial charge in [0, 0.05) is 12.6 Å². The molecule has 3 rings (SSSR count). The lowest BCUT2D eigenvalue weighted by atomic mass is 9.96. The molecule has 0 unspecified atom stereocenters. The van der Waals surface area contributed by atoms with Gasteiger partial charge in [0.05, 0.1) is 4.90 Å². The molecule has 2 aliphatic rings. The van der Waals surface area contributed by atoms with E-state index in [0.717, 1.165) is 44.9 Å². The number of nitrogens with one attached hydrogen (secondary N) is 2. The van der Waals surface area contributed by atoms with E-state index in [1.54, 1.807) is 25.1 Å². The summed E-state index contributed by atoms with van der Waals surface area (Å²) in [5.41, 5.74) is 2.12. The van der Waals surface area contributed by atoms with Crippen molar-refractivity contribution in [1.29, 1.82) is 0 Å². The first-order valence-electron chi connectivity index (χ1n) is 11.1. The number of rotatable bonds is 9. The first-order valence-corrected chi connectivity index (χ1v) is 12.6. The maximum absolute atomic E-state index is 12.7. The number of hydrogen-bond acceptors (Lipinski definition) is 4. The normalized spacial score (nSPS) is 18.0. The Kier molecular flexibility index (Phi) is 8.33. The van der Waals surface area contributed by atoms with E-state index in [1.165, 1.54) is 24.8 Å². The number of carbonyl (C=O) groups is 1. The van der Waals surface area contributed by atoms with Gasteiger partial charge >= 0.3 is 0 Å². The van der Waals surface area contributed by atoms with Gasteiger partial charge in [0.25, 0.3) is 5.91 Å². The third-order valence-corrected chi connectivity index (χ3v) is 7.41.